The molecular formula is C28H31AsN2O6S. The Morgan fingerprint density at radius 2 is 1.82 bits per heavy atom. The molecule has 0 saturated heterocycles. The number of ether oxygens (including phenoxy) is 1. The summed E-state index contributed by atoms with van der Waals surface area (Å²) in [6, 6.07) is 11.0. The summed E-state index contributed by atoms with van der Waals surface area (Å²) in [5.41, 5.74) is 8.29. The van der Waals surface area contributed by atoms with Gasteiger partial charge in [0.25, 0.3) is 0 Å². The van der Waals surface area contributed by atoms with Crippen molar-refractivity contribution in [3.8, 4) is 17.0 Å². The Morgan fingerprint density at radius 3 is 2.47 bits per heavy atom. The van der Waals surface area contributed by atoms with Gasteiger partial charge in [-0.05, 0) is 0 Å². The van der Waals surface area contributed by atoms with E-state index in [-0.39, 0.29) is 17.7 Å². The normalized spacial score (nSPS) is 15.9. The third kappa shape index (κ3) is 4.78. The molecule has 2 heterocycles. The van der Waals surface area contributed by atoms with E-state index in [9.17, 15) is 23.1 Å². The van der Waals surface area contributed by atoms with E-state index >= 15 is 0 Å². The molecule has 2 aliphatic rings. The summed E-state index contributed by atoms with van der Waals surface area (Å²) < 4.78 is 34.5. The van der Waals surface area contributed by atoms with Gasteiger partial charge in [0.15, 0.2) is 0 Å². The van der Waals surface area contributed by atoms with Gasteiger partial charge in [0, 0.05) is 0 Å². The van der Waals surface area contributed by atoms with Crippen LogP contribution in [0.1, 0.15) is 59.5 Å². The number of aromatic nitrogens is 1. The number of amides is 1. The van der Waals surface area contributed by atoms with Crippen LogP contribution in [0, 0.1) is 0 Å². The monoisotopic (exact) mass is 598 g/mol. The number of nitrogens with zero attached hydrogens (tertiary/aromatic N) is 1. The molecule has 0 unspecified atom stereocenters. The van der Waals surface area contributed by atoms with E-state index in [4.69, 9.17) is 4.74 Å². The first-order chi connectivity index (χ1) is 18.1. The van der Waals surface area contributed by atoms with Crippen molar-refractivity contribution in [2.24, 2.45) is 0 Å². The number of nitrogens with one attached hydrogen (secondary N) is 1. The van der Waals surface area contributed by atoms with Gasteiger partial charge in [0.05, 0.1) is 7.11 Å². The number of rotatable bonds is 6. The number of carboxylic acids is 1. The van der Waals surface area contributed by atoms with E-state index in [1.165, 1.54) is 12.0 Å². The summed E-state index contributed by atoms with van der Waals surface area (Å²) in [6.45, 7) is 0.119. The molecule has 0 spiro atoms. The van der Waals surface area contributed by atoms with E-state index in [1.807, 2.05) is 28.8 Å². The number of carbonyl (C=O) groups is 2. The second kappa shape index (κ2) is 10.3. The second-order valence-electron chi connectivity index (χ2n) is 10.1. The zero-order valence-electron chi connectivity index (χ0n) is 21.7. The molecule has 5 rings (SSSR count). The van der Waals surface area contributed by atoms with Crippen LogP contribution in [0.5, 0.6) is 5.75 Å². The topological polar surface area (TPSA) is 115 Å². The van der Waals surface area contributed by atoms with Crippen LogP contribution in [0.2, 0.25) is 11.4 Å². The maximum atomic E-state index is 13.0. The van der Waals surface area contributed by atoms with Crippen LogP contribution in [0.3, 0.4) is 0 Å². The first-order valence-corrected chi connectivity index (χ1v) is 20.1. The van der Waals surface area contributed by atoms with Crippen LogP contribution in [-0.2, 0) is 19.6 Å². The van der Waals surface area contributed by atoms with Crippen LogP contribution in [0.25, 0.3) is 28.2 Å². The third-order valence-electron chi connectivity index (χ3n) is 7.53. The number of fused-ring (bicyclic) bond motifs is 5. The molecule has 2 aromatic carbocycles. The number of aliphatic carboxylic acids is 1. The molecule has 200 valence electrons. The summed E-state index contributed by atoms with van der Waals surface area (Å²) in [5.74, 6) is -0.744. The minimum atomic E-state index is -3.66. The molecule has 38 heavy (non-hydrogen) atoms. The standard InChI is InChI=1S/C28H31AsN2O6S/c1-29(2)38(35,36)30-27(32)18-9-11-23-24(15-18)31-16-20(28(33)34)13-19-14-21(37-3)10-12-22(19)26(31)25(23)17-7-5-4-6-8-17/h9-15,17H,4-8,16H2,1-3H3,(H,30,32)(H,33,34). The van der Waals surface area contributed by atoms with Gasteiger partial charge >= 0.3 is 215 Å². The van der Waals surface area contributed by atoms with Crippen molar-refractivity contribution in [3.05, 3.63) is 58.7 Å². The van der Waals surface area contributed by atoms with E-state index in [0.29, 0.717) is 11.7 Å². The van der Waals surface area contributed by atoms with Gasteiger partial charge in [-0.1, -0.05) is 0 Å². The second-order valence-corrected chi connectivity index (χ2v) is 21.4. The average Bonchev–Trinajstić information content (AvgIpc) is 3.10. The number of hydrogen-bond donors (Lipinski definition) is 2. The Hall–Kier alpha value is -3.03. The predicted octanol–water partition coefficient (Wildman–Crippen LogP) is 5.16. The van der Waals surface area contributed by atoms with Crippen molar-refractivity contribution in [3.63, 3.8) is 0 Å². The van der Waals surface area contributed by atoms with Crippen molar-refractivity contribution in [1.29, 1.82) is 0 Å². The molecule has 1 aliphatic heterocycles. The van der Waals surface area contributed by atoms with Crippen molar-refractivity contribution in [1.82, 2.24) is 9.29 Å². The molecule has 1 aliphatic carbocycles. The average molecular weight is 599 g/mol. The molecular weight excluding hydrogens is 567 g/mol. The zero-order valence-corrected chi connectivity index (χ0v) is 24.3. The molecule has 10 heteroatoms. The van der Waals surface area contributed by atoms with Crippen LogP contribution in [0.15, 0.2) is 42.0 Å². The quantitative estimate of drug-likeness (QED) is 0.379. The zero-order chi connectivity index (χ0) is 27.2. The van der Waals surface area contributed by atoms with Gasteiger partial charge in [-0.3, -0.25) is 0 Å². The molecule has 2 N–H and O–H groups in total. The molecule has 0 radical (unpaired) electrons. The van der Waals surface area contributed by atoms with Gasteiger partial charge in [-0.15, -0.1) is 0 Å². The first-order valence-electron chi connectivity index (χ1n) is 12.6. The van der Waals surface area contributed by atoms with Gasteiger partial charge < -0.3 is 4.74 Å². The fourth-order valence-electron chi connectivity index (χ4n) is 5.58. The molecule has 0 bridgehead atoms. The first kappa shape index (κ1) is 26.6. The van der Waals surface area contributed by atoms with Crippen molar-refractivity contribution >= 4 is 50.6 Å². The molecule has 1 fully saturated rings. The summed E-state index contributed by atoms with van der Waals surface area (Å²) in [5, 5.41) is 11.0. The third-order valence-corrected chi connectivity index (χ3v) is 15.6. The molecule has 1 saturated carbocycles. The summed E-state index contributed by atoms with van der Waals surface area (Å²) >= 11 is -2.23. The molecule has 1 aromatic heterocycles. The van der Waals surface area contributed by atoms with Crippen LogP contribution in [0.4, 0.5) is 0 Å². The Kier molecular flexibility index (Phi) is 7.18. The van der Waals surface area contributed by atoms with Crippen LogP contribution < -0.4 is 9.46 Å². The van der Waals surface area contributed by atoms with Gasteiger partial charge in [0.2, 0.25) is 0 Å². The number of carboxylic acid groups (broad SMARTS) is 1. The molecule has 3 aromatic rings. The van der Waals surface area contributed by atoms with Gasteiger partial charge in [-0.25, -0.2) is 0 Å². The number of methoxy groups -OCH3 is 1. The fourth-order valence-corrected chi connectivity index (χ4v) is 7.79. The minimum absolute atomic E-state index is 0.119. The molecule has 1 amide bonds. The molecule has 0 atom stereocenters. The predicted molar refractivity (Wildman–Crippen MR) is 149 cm³/mol. The van der Waals surface area contributed by atoms with E-state index in [2.05, 4.69) is 4.72 Å². The van der Waals surface area contributed by atoms with Gasteiger partial charge in [0.1, 0.15) is 0 Å². The SMILES string of the molecule is COc1ccc2c(c1)C=C(C(=O)O)Cn1c-2c(C2CCCCC2)c2ccc(C(=O)NS(=O)(=O)[As](C)C)cc21. The number of benzene rings is 2. The van der Waals surface area contributed by atoms with E-state index in [0.717, 1.165) is 53.4 Å². The Balaban J connectivity index is 1.77. The maximum absolute atomic E-state index is 13.0. The van der Waals surface area contributed by atoms with Crippen LogP contribution in [-0.4, -0.2) is 50.6 Å². The Bertz CT molecular complexity index is 1580. The van der Waals surface area contributed by atoms with Crippen molar-refractivity contribution < 1.29 is 27.9 Å². The molecule has 8 nitrogen and oxygen atoms in total. The summed E-state index contributed by atoms with van der Waals surface area (Å²) in [7, 11) is -2.08. The van der Waals surface area contributed by atoms with Crippen molar-refractivity contribution in [2.75, 3.05) is 7.11 Å². The Labute approximate surface area is 226 Å². The summed E-state index contributed by atoms with van der Waals surface area (Å²) in [6.07, 6.45) is 7.22. The number of hydrogen-bond acceptors (Lipinski definition) is 5. The summed E-state index contributed by atoms with van der Waals surface area (Å²) in [4.78, 5) is 25.3. The van der Waals surface area contributed by atoms with E-state index in [1.54, 1.807) is 36.7 Å². The van der Waals surface area contributed by atoms with Crippen molar-refractivity contribution in [2.45, 2.75) is 56.0 Å². The fraction of sp³-hybridized carbons (Fsp3) is 0.357. The van der Waals surface area contributed by atoms with Crippen LogP contribution >= 0.6 is 0 Å². The van der Waals surface area contributed by atoms with E-state index < -0.39 is 33.7 Å². The van der Waals surface area contributed by atoms with Gasteiger partial charge in [-0.2, -0.15) is 0 Å². The number of carbonyl (C=O) groups excluding carboxylic acids is 1. The Morgan fingerprint density at radius 1 is 1.08 bits per heavy atom.